The molecule has 2 N–H and O–H groups in total. The summed E-state index contributed by atoms with van der Waals surface area (Å²) < 4.78 is 0. The molecule has 0 spiro atoms. The largest absolute Gasteiger partial charge is 0.325 e. The molecule has 2 aromatic carbocycles. The first kappa shape index (κ1) is 19.6. The molecule has 1 aromatic heterocycles. The maximum absolute atomic E-state index is 12.1. The fraction of sp³-hybridized carbons (Fsp3) is 0.0526. The van der Waals surface area contributed by atoms with Gasteiger partial charge >= 0.3 is 0 Å². The molecule has 28 heavy (non-hydrogen) atoms. The number of nitrogens with zero attached hydrogens (tertiary/aromatic N) is 1. The zero-order valence-corrected chi connectivity index (χ0v) is 16.1. The summed E-state index contributed by atoms with van der Waals surface area (Å²) >= 11 is 2.69. The molecule has 0 saturated heterocycles. The van der Waals surface area contributed by atoms with Crippen molar-refractivity contribution in [3.63, 3.8) is 0 Å². The fourth-order valence-electron chi connectivity index (χ4n) is 2.28. The van der Waals surface area contributed by atoms with Crippen molar-refractivity contribution in [1.82, 2.24) is 0 Å². The summed E-state index contributed by atoms with van der Waals surface area (Å²) in [6.45, 7) is 0. The maximum atomic E-state index is 12.1. The SMILES string of the molecule is O=C(CSc1cccc(NC(=O)c2cccs2)c1)Nc1ccc([N+](=O)[O-])cc1. The Balaban J connectivity index is 1.53. The van der Waals surface area contributed by atoms with Crippen LogP contribution >= 0.6 is 23.1 Å². The summed E-state index contributed by atoms with van der Waals surface area (Å²) in [6, 6.07) is 16.5. The van der Waals surface area contributed by atoms with Crippen molar-refractivity contribution in [3.8, 4) is 0 Å². The van der Waals surface area contributed by atoms with Crippen molar-refractivity contribution in [2.45, 2.75) is 4.90 Å². The Morgan fingerprint density at radius 2 is 1.79 bits per heavy atom. The van der Waals surface area contributed by atoms with Crippen molar-refractivity contribution < 1.29 is 14.5 Å². The highest BCUT2D eigenvalue weighted by atomic mass is 32.2. The van der Waals surface area contributed by atoms with Gasteiger partial charge in [-0.2, -0.15) is 0 Å². The molecule has 9 heteroatoms. The monoisotopic (exact) mass is 413 g/mol. The lowest BCUT2D eigenvalue weighted by Gasteiger charge is -2.07. The highest BCUT2D eigenvalue weighted by molar-refractivity contribution is 8.00. The van der Waals surface area contributed by atoms with E-state index in [0.29, 0.717) is 16.3 Å². The van der Waals surface area contributed by atoms with E-state index in [1.165, 1.54) is 47.4 Å². The molecule has 142 valence electrons. The molecular formula is C19H15N3O4S2. The van der Waals surface area contributed by atoms with Gasteiger partial charge in [-0.25, -0.2) is 0 Å². The molecule has 0 saturated carbocycles. The topological polar surface area (TPSA) is 101 Å². The Morgan fingerprint density at radius 3 is 2.46 bits per heavy atom. The standard InChI is InChI=1S/C19H15N3O4S2/c23-18(20-13-6-8-15(9-7-13)22(25)26)12-28-16-4-1-3-14(11-16)21-19(24)17-5-2-10-27-17/h1-11H,12H2,(H,20,23)(H,21,24). The van der Waals surface area contributed by atoms with Crippen LogP contribution in [-0.2, 0) is 4.79 Å². The molecule has 1 heterocycles. The van der Waals surface area contributed by atoms with Crippen LogP contribution in [0.4, 0.5) is 17.1 Å². The van der Waals surface area contributed by atoms with E-state index in [4.69, 9.17) is 0 Å². The minimum Gasteiger partial charge on any atom is -0.325 e. The first-order valence-electron chi connectivity index (χ1n) is 8.13. The number of benzene rings is 2. The molecule has 0 bridgehead atoms. The third-order valence-corrected chi connectivity index (χ3v) is 5.43. The van der Waals surface area contributed by atoms with Gasteiger partial charge in [0, 0.05) is 28.4 Å². The van der Waals surface area contributed by atoms with E-state index in [-0.39, 0.29) is 23.3 Å². The van der Waals surface area contributed by atoms with Gasteiger partial charge in [-0.15, -0.1) is 23.1 Å². The Bertz CT molecular complexity index is 989. The lowest BCUT2D eigenvalue weighted by atomic mass is 10.3. The average molecular weight is 413 g/mol. The van der Waals surface area contributed by atoms with Crippen LogP contribution in [0, 0.1) is 10.1 Å². The van der Waals surface area contributed by atoms with Crippen molar-refractivity contribution >= 4 is 52.0 Å². The highest BCUT2D eigenvalue weighted by Crippen LogP contribution is 2.23. The number of thiophene rings is 1. The summed E-state index contributed by atoms with van der Waals surface area (Å²) in [4.78, 5) is 35.8. The highest BCUT2D eigenvalue weighted by Gasteiger charge is 2.09. The summed E-state index contributed by atoms with van der Waals surface area (Å²) in [5.74, 6) is -0.237. The summed E-state index contributed by atoms with van der Waals surface area (Å²) in [6.07, 6.45) is 0. The van der Waals surface area contributed by atoms with E-state index >= 15 is 0 Å². The molecule has 0 fully saturated rings. The van der Waals surface area contributed by atoms with Gasteiger partial charge in [0.25, 0.3) is 11.6 Å². The molecule has 0 radical (unpaired) electrons. The minimum absolute atomic E-state index is 0.0335. The van der Waals surface area contributed by atoms with E-state index in [1.807, 2.05) is 17.5 Å². The number of nitro groups is 1. The Kier molecular flexibility index (Phi) is 6.41. The van der Waals surface area contributed by atoms with Gasteiger partial charge < -0.3 is 10.6 Å². The first-order valence-corrected chi connectivity index (χ1v) is 10.00. The maximum Gasteiger partial charge on any atom is 0.269 e. The number of carbonyl (C=O) groups is 2. The van der Waals surface area contributed by atoms with Crippen LogP contribution in [0.2, 0.25) is 0 Å². The number of rotatable bonds is 7. The lowest BCUT2D eigenvalue weighted by Crippen LogP contribution is -2.14. The molecule has 0 atom stereocenters. The fourth-order valence-corrected chi connectivity index (χ4v) is 3.65. The van der Waals surface area contributed by atoms with Crippen molar-refractivity contribution in [1.29, 1.82) is 0 Å². The number of thioether (sulfide) groups is 1. The van der Waals surface area contributed by atoms with Crippen LogP contribution in [0.25, 0.3) is 0 Å². The zero-order chi connectivity index (χ0) is 19.9. The average Bonchev–Trinajstić information content (AvgIpc) is 3.22. The van der Waals surface area contributed by atoms with Crippen LogP contribution in [0.5, 0.6) is 0 Å². The van der Waals surface area contributed by atoms with Gasteiger partial charge in [0.15, 0.2) is 0 Å². The molecule has 0 unspecified atom stereocenters. The normalized spacial score (nSPS) is 10.3. The van der Waals surface area contributed by atoms with Gasteiger partial charge in [-0.3, -0.25) is 19.7 Å². The van der Waals surface area contributed by atoms with Crippen LogP contribution in [0.3, 0.4) is 0 Å². The predicted octanol–water partition coefficient (Wildman–Crippen LogP) is 4.64. The van der Waals surface area contributed by atoms with E-state index < -0.39 is 4.92 Å². The number of amides is 2. The summed E-state index contributed by atoms with van der Waals surface area (Å²) in [5.41, 5.74) is 1.11. The molecule has 0 aliphatic heterocycles. The molecule has 0 aliphatic rings. The number of anilines is 2. The van der Waals surface area contributed by atoms with Gasteiger partial charge in [0.1, 0.15) is 0 Å². The smallest absolute Gasteiger partial charge is 0.269 e. The molecule has 2 amide bonds. The van der Waals surface area contributed by atoms with Crippen molar-refractivity contribution in [3.05, 3.63) is 81.0 Å². The molecular weight excluding hydrogens is 398 g/mol. The molecule has 0 aliphatic carbocycles. The van der Waals surface area contributed by atoms with E-state index in [1.54, 1.807) is 24.3 Å². The van der Waals surface area contributed by atoms with Gasteiger partial charge in [0.2, 0.25) is 5.91 Å². The van der Waals surface area contributed by atoms with E-state index in [0.717, 1.165) is 4.90 Å². The van der Waals surface area contributed by atoms with Gasteiger partial charge in [-0.05, 0) is 41.8 Å². The van der Waals surface area contributed by atoms with Crippen LogP contribution in [0.1, 0.15) is 9.67 Å². The second kappa shape index (κ2) is 9.16. The number of carbonyl (C=O) groups excluding carboxylic acids is 2. The third kappa shape index (κ3) is 5.41. The van der Waals surface area contributed by atoms with Crippen LogP contribution in [-0.4, -0.2) is 22.5 Å². The zero-order valence-electron chi connectivity index (χ0n) is 14.5. The second-order valence-electron chi connectivity index (χ2n) is 5.60. The number of non-ortho nitro benzene ring substituents is 1. The predicted molar refractivity (Wildman–Crippen MR) is 111 cm³/mol. The van der Waals surface area contributed by atoms with Crippen molar-refractivity contribution in [2.24, 2.45) is 0 Å². The second-order valence-corrected chi connectivity index (χ2v) is 7.60. The quantitative estimate of drug-likeness (QED) is 0.334. The molecule has 3 aromatic rings. The Morgan fingerprint density at radius 1 is 1.00 bits per heavy atom. The Labute approximate surface area is 168 Å². The van der Waals surface area contributed by atoms with Crippen molar-refractivity contribution in [2.75, 3.05) is 16.4 Å². The summed E-state index contributed by atoms with van der Waals surface area (Å²) in [5, 5.41) is 18.0. The van der Waals surface area contributed by atoms with Gasteiger partial charge in [0.05, 0.1) is 15.6 Å². The van der Waals surface area contributed by atoms with E-state index in [9.17, 15) is 19.7 Å². The summed E-state index contributed by atoms with van der Waals surface area (Å²) in [7, 11) is 0. The number of nitrogens with one attached hydrogen (secondary N) is 2. The third-order valence-electron chi connectivity index (χ3n) is 3.57. The first-order chi connectivity index (χ1) is 13.5. The van der Waals surface area contributed by atoms with Gasteiger partial charge in [-0.1, -0.05) is 12.1 Å². The number of hydrogen-bond donors (Lipinski definition) is 2. The molecule has 7 nitrogen and oxygen atoms in total. The van der Waals surface area contributed by atoms with Crippen LogP contribution < -0.4 is 10.6 Å². The number of nitro benzene ring substituents is 1. The van der Waals surface area contributed by atoms with Crippen LogP contribution in [0.15, 0.2) is 70.9 Å². The molecule has 3 rings (SSSR count). The lowest BCUT2D eigenvalue weighted by molar-refractivity contribution is -0.384. The number of hydrogen-bond acceptors (Lipinski definition) is 6. The minimum atomic E-state index is -0.494. The Hall–Kier alpha value is -3.17. The van der Waals surface area contributed by atoms with E-state index in [2.05, 4.69) is 10.6 Å².